The Morgan fingerprint density at radius 1 is 1.24 bits per heavy atom. The summed E-state index contributed by atoms with van der Waals surface area (Å²) < 4.78 is 31.6. The lowest BCUT2D eigenvalue weighted by atomic mass is 10.3. The number of sulfonamides is 1. The van der Waals surface area contributed by atoms with Crippen molar-refractivity contribution in [2.24, 2.45) is 0 Å². The number of rotatable bonds is 3. The molecule has 3 rings (SSSR count). The standard InChI is InChI=1S/C13H14N4O3S/c1-20-10-2-4-11(5-3-10)21(18,19)17-7-9-6-15-13(14)16-12(9)8-17/h2-6H,7-8H2,1H3,(H2,14,15,16). The molecule has 110 valence electrons. The number of nitrogen functional groups attached to an aromatic ring is 1. The molecule has 0 amide bonds. The van der Waals surface area contributed by atoms with Crippen molar-refractivity contribution in [1.82, 2.24) is 14.3 Å². The van der Waals surface area contributed by atoms with E-state index in [0.29, 0.717) is 11.4 Å². The maximum atomic E-state index is 12.6. The molecular formula is C13H14N4O3S. The lowest BCUT2D eigenvalue weighted by Gasteiger charge is -2.15. The van der Waals surface area contributed by atoms with E-state index in [1.54, 1.807) is 18.3 Å². The second kappa shape index (κ2) is 4.97. The van der Waals surface area contributed by atoms with Gasteiger partial charge in [-0.05, 0) is 24.3 Å². The zero-order valence-corrected chi connectivity index (χ0v) is 12.2. The van der Waals surface area contributed by atoms with Gasteiger partial charge in [-0.3, -0.25) is 0 Å². The van der Waals surface area contributed by atoms with Crippen molar-refractivity contribution in [3.63, 3.8) is 0 Å². The third kappa shape index (κ3) is 2.43. The summed E-state index contributed by atoms with van der Waals surface area (Å²) in [5.74, 6) is 0.759. The Kier molecular flexibility index (Phi) is 3.26. The van der Waals surface area contributed by atoms with Gasteiger partial charge in [-0.2, -0.15) is 4.31 Å². The van der Waals surface area contributed by atoms with Crippen LogP contribution in [0.4, 0.5) is 5.95 Å². The van der Waals surface area contributed by atoms with Crippen molar-refractivity contribution in [3.05, 3.63) is 41.7 Å². The van der Waals surface area contributed by atoms with E-state index in [1.807, 2.05) is 0 Å². The summed E-state index contributed by atoms with van der Waals surface area (Å²) in [5.41, 5.74) is 6.96. The van der Waals surface area contributed by atoms with Gasteiger partial charge in [-0.15, -0.1) is 0 Å². The monoisotopic (exact) mass is 306 g/mol. The molecule has 1 aromatic carbocycles. The molecule has 1 aliphatic rings. The zero-order chi connectivity index (χ0) is 15.0. The molecule has 0 atom stereocenters. The van der Waals surface area contributed by atoms with E-state index in [4.69, 9.17) is 10.5 Å². The summed E-state index contributed by atoms with van der Waals surface area (Å²) in [5, 5.41) is 0. The first-order valence-electron chi connectivity index (χ1n) is 6.25. The van der Waals surface area contributed by atoms with Gasteiger partial charge < -0.3 is 10.5 Å². The van der Waals surface area contributed by atoms with E-state index in [0.717, 1.165) is 5.56 Å². The molecule has 7 nitrogen and oxygen atoms in total. The Morgan fingerprint density at radius 3 is 2.62 bits per heavy atom. The molecule has 0 bridgehead atoms. The van der Waals surface area contributed by atoms with E-state index in [-0.39, 0.29) is 23.9 Å². The number of aromatic nitrogens is 2. The van der Waals surface area contributed by atoms with Crippen LogP contribution in [0.3, 0.4) is 0 Å². The Labute approximate surface area is 122 Å². The Bertz CT molecular complexity index is 775. The minimum atomic E-state index is -3.58. The van der Waals surface area contributed by atoms with Gasteiger partial charge in [-0.25, -0.2) is 18.4 Å². The van der Waals surface area contributed by atoms with E-state index in [9.17, 15) is 8.42 Å². The number of fused-ring (bicyclic) bond motifs is 1. The molecule has 8 heteroatoms. The first kappa shape index (κ1) is 13.8. The molecule has 0 unspecified atom stereocenters. The maximum absolute atomic E-state index is 12.6. The molecule has 2 heterocycles. The number of nitrogens with two attached hydrogens (primary N) is 1. The van der Waals surface area contributed by atoms with Crippen LogP contribution in [0.5, 0.6) is 5.75 Å². The summed E-state index contributed by atoms with van der Waals surface area (Å²) in [6.45, 7) is 0.459. The van der Waals surface area contributed by atoms with Crippen molar-refractivity contribution < 1.29 is 13.2 Å². The third-order valence-corrected chi connectivity index (χ3v) is 5.15. The number of ether oxygens (including phenoxy) is 1. The Balaban J connectivity index is 1.90. The fourth-order valence-corrected chi connectivity index (χ4v) is 3.59. The highest BCUT2D eigenvalue weighted by Gasteiger charge is 2.31. The lowest BCUT2D eigenvalue weighted by molar-refractivity contribution is 0.413. The van der Waals surface area contributed by atoms with Crippen LogP contribution in [-0.4, -0.2) is 29.8 Å². The fraction of sp³-hybridized carbons (Fsp3) is 0.231. The average molecular weight is 306 g/mol. The third-order valence-electron chi connectivity index (χ3n) is 3.34. The van der Waals surface area contributed by atoms with Crippen LogP contribution < -0.4 is 10.5 Å². The van der Waals surface area contributed by atoms with Crippen LogP contribution in [0.2, 0.25) is 0 Å². The van der Waals surface area contributed by atoms with Gasteiger partial charge in [-0.1, -0.05) is 0 Å². The average Bonchev–Trinajstić information content (AvgIpc) is 2.91. The summed E-state index contributed by atoms with van der Waals surface area (Å²) >= 11 is 0. The maximum Gasteiger partial charge on any atom is 0.243 e. The number of benzene rings is 1. The van der Waals surface area contributed by atoms with Crippen LogP contribution in [0.15, 0.2) is 35.4 Å². The number of anilines is 1. The van der Waals surface area contributed by atoms with Gasteiger partial charge in [0.15, 0.2) is 0 Å². The minimum absolute atomic E-state index is 0.150. The SMILES string of the molecule is COc1ccc(S(=O)(=O)N2Cc3cnc(N)nc3C2)cc1. The quantitative estimate of drug-likeness (QED) is 0.899. The van der Waals surface area contributed by atoms with E-state index < -0.39 is 10.0 Å². The van der Waals surface area contributed by atoms with E-state index >= 15 is 0 Å². The van der Waals surface area contributed by atoms with Gasteiger partial charge in [0.2, 0.25) is 16.0 Å². The molecule has 0 radical (unpaired) electrons. The zero-order valence-electron chi connectivity index (χ0n) is 11.4. The van der Waals surface area contributed by atoms with Crippen molar-refractivity contribution in [2.75, 3.05) is 12.8 Å². The first-order chi connectivity index (χ1) is 10.0. The molecular weight excluding hydrogens is 292 g/mol. The fourth-order valence-electron chi connectivity index (χ4n) is 2.21. The summed E-state index contributed by atoms with van der Waals surface area (Å²) in [7, 11) is -2.04. The van der Waals surface area contributed by atoms with Crippen LogP contribution in [0.1, 0.15) is 11.3 Å². The van der Waals surface area contributed by atoms with Crippen LogP contribution >= 0.6 is 0 Å². The highest BCUT2D eigenvalue weighted by atomic mass is 32.2. The van der Waals surface area contributed by atoms with E-state index in [1.165, 1.54) is 23.5 Å². The molecule has 1 aromatic heterocycles. The van der Waals surface area contributed by atoms with Crippen molar-refractivity contribution in [1.29, 1.82) is 0 Å². The predicted octanol–water partition coefficient (Wildman–Crippen LogP) is 0.772. The smallest absolute Gasteiger partial charge is 0.243 e. The van der Waals surface area contributed by atoms with Crippen LogP contribution in [-0.2, 0) is 23.1 Å². The van der Waals surface area contributed by atoms with Gasteiger partial charge in [0.25, 0.3) is 0 Å². The highest BCUT2D eigenvalue weighted by Crippen LogP contribution is 2.28. The minimum Gasteiger partial charge on any atom is -0.497 e. The largest absolute Gasteiger partial charge is 0.497 e. The molecule has 2 aromatic rings. The summed E-state index contributed by atoms with van der Waals surface area (Å²) in [6.07, 6.45) is 1.57. The Hall–Kier alpha value is -2.19. The second-order valence-electron chi connectivity index (χ2n) is 4.65. The number of methoxy groups -OCH3 is 1. The number of hydrogen-bond acceptors (Lipinski definition) is 6. The summed E-state index contributed by atoms with van der Waals surface area (Å²) in [6, 6.07) is 6.29. The van der Waals surface area contributed by atoms with Crippen molar-refractivity contribution >= 4 is 16.0 Å². The topological polar surface area (TPSA) is 98.4 Å². The number of hydrogen-bond donors (Lipinski definition) is 1. The molecule has 0 saturated heterocycles. The van der Waals surface area contributed by atoms with Crippen molar-refractivity contribution in [3.8, 4) is 5.75 Å². The van der Waals surface area contributed by atoms with Gasteiger partial charge >= 0.3 is 0 Å². The van der Waals surface area contributed by atoms with Crippen molar-refractivity contribution in [2.45, 2.75) is 18.0 Å². The Morgan fingerprint density at radius 2 is 1.95 bits per heavy atom. The lowest BCUT2D eigenvalue weighted by Crippen LogP contribution is -2.25. The number of nitrogens with zero attached hydrogens (tertiary/aromatic N) is 3. The molecule has 0 saturated carbocycles. The first-order valence-corrected chi connectivity index (χ1v) is 7.69. The molecule has 0 fully saturated rings. The van der Waals surface area contributed by atoms with Gasteiger partial charge in [0.05, 0.1) is 24.2 Å². The van der Waals surface area contributed by atoms with Gasteiger partial charge in [0, 0.05) is 18.3 Å². The molecule has 2 N–H and O–H groups in total. The molecule has 1 aliphatic heterocycles. The second-order valence-corrected chi connectivity index (χ2v) is 6.59. The van der Waals surface area contributed by atoms with Gasteiger partial charge in [0.1, 0.15) is 5.75 Å². The highest BCUT2D eigenvalue weighted by molar-refractivity contribution is 7.89. The van der Waals surface area contributed by atoms with Crippen LogP contribution in [0, 0.1) is 0 Å². The normalized spacial score (nSPS) is 14.9. The summed E-state index contributed by atoms with van der Waals surface area (Å²) in [4.78, 5) is 8.19. The van der Waals surface area contributed by atoms with E-state index in [2.05, 4.69) is 9.97 Å². The predicted molar refractivity (Wildman–Crippen MR) is 75.9 cm³/mol. The van der Waals surface area contributed by atoms with Crippen LogP contribution in [0.25, 0.3) is 0 Å². The molecule has 0 aliphatic carbocycles. The molecule has 21 heavy (non-hydrogen) atoms. The molecule has 0 spiro atoms.